The van der Waals surface area contributed by atoms with Crippen molar-refractivity contribution < 1.29 is 4.74 Å². The minimum Gasteiger partial charge on any atom is -0.377 e. The van der Waals surface area contributed by atoms with Gasteiger partial charge in [-0.15, -0.1) is 0 Å². The highest BCUT2D eigenvalue weighted by molar-refractivity contribution is 5.34. The Bertz CT molecular complexity index is 375. The Kier molecular flexibility index (Phi) is 4.79. The van der Waals surface area contributed by atoms with Crippen LogP contribution in [-0.4, -0.2) is 19.3 Å². The fourth-order valence-corrected chi connectivity index (χ4v) is 2.74. The van der Waals surface area contributed by atoms with Crippen molar-refractivity contribution in [2.75, 3.05) is 13.2 Å². The average molecular weight is 247 g/mol. The molecule has 2 nitrogen and oxygen atoms in total. The maximum Gasteiger partial charge on any atom is 0.0594 e. The van der Waals surface area contributed by atoms with Crippen molar-refractivity contribution in [3.05, 3.63) is 35.4 Å². The van der Waals surface area contributed by atoms with Gasteiger partial charge in [-0.05, 0) is 43.7 Å². The van der Waals surface area contributed by atoms with E-state index >= 15 is 0 Å². The minimum atomic E-state index is 0.325. The summed E-state index contributed by atoms with van der Waals surface area (Å²) in [6.07, 6.45) is 2.84. The van der Waals surface area contributed by atoms with Crippen LogP contribution in [0.25, 0.3) is 0 Å². The average Bonchev–Trinajstić information content (AvgIpc) is 2.37. The summed E-state index contributed by atoms with van der Waals surface area (Å²) >= 11 is 0. The lowest BCUT2D eigenvalue weighted by atomic mass is 9.81. The van der Waals surface area contributed by atoms with Crippen molar-refractivity contribution >= 4 is 0 Å². The minimum absolute atomic E-state index is 0.325. The molecule has 2 rings (SSSR count). The molecule has 18 heavy (non-hydrogen) atoms. The second kappa shape index (κ2) is 6.35. The smallest absolute Gasteiger partial charge is 0.0594 e. The molecule has 2 atom stereocenters. The van der Waals surface area contributed by atoms with Crippen LogP contribution in [0.3, 0.4) is 0 Å². The zero-order chi connectivity index (χ0) is 13.0. The van der Waals surface area contributed by atoms with E-state index in [-0.39, 0.29) is 0 Å². The molecular weight excluding hydrogens is 222 g/mol. The Hall–Kier alpha value is -0.860. The van der Waals surface area contributed by atoms with Gasteiger partial charge in [-0.25, -0.2) is 0 Å². The van der Waals surface area contributed by atoms with Gasteiger partial charge in [0.1, 0.15) is 0 Å². The molecule has 1 aromatic carbocycles. The summed E-state index contributed by atoms with van der Waals surface area (Å²) in [4.78, 5) is 0. The third-order valence-electron chi connectivity index (χ3n) is 3.73. The van der Waals surface area contributed by atoms with E-state index in [0.29, 0.717) is 18.1 Å². The zero-order valence-corrected chi connectivity index (χ0v) is 11.8. The van der Waals surface area contributed by atoms with Crippen molar-refractivity contribution in [3.63, 3.8) is 0 Å². The SMILES string of the molecule is CC(C)OCCNC1CCC(C)c2ccccc21. The molecule has 0 heterocycles. The van der Waals surface area contributed by atoms with Gasteiger partial charge in [0.15, 0.2) is 0 Å². The van der Waals surface area contributed by atoms with Crippen LogP contribution >= 0.6 is 0 Å². The predicted octanol–water partition coefficient (Wildman–Crippen LogP) is 3.64. The number of benzene rings is 1. The lowest BCUT2D eigenvalue weighted by molar-refractivity contribution is 0.0789. The first-order valence-corrected chi connectivity index (χ1v) is 7.12. The van der Waals surface area contributed by atoms with Crippen molar-refractivity contribution in [3.8, 4) is 0 Å². The molecule has 100 valence electrons. The molecule has 1 aromatic rings. The number of hydrogen-bond acceptors (Lipinski definition) is 2. The summed E-state index contributed by atoms with van der Waals surface area (Å²) in [7, 11) is 0. The number of fused-ring (bicyclic) bond motifs is 1. The molecule has 2 heteroatoms. The van der Waals surface area contributed by atoms with Crippen molar-refractivity contribution in [2.45, 2.75) is 51.7 Å². The third kappa shape index (κ3) is 3.33. The monoisotopic (exact) mass is 247 g/mol. The maximum atomic E-state index is 5.58. The first-order chi connectivity index (χ1) is 8.68. The van der Waals surface area contributed by atoms with Crippen LogP contribution < -0.4 is 5.32 Å². The number of rotatable bonds is 5. The fraction of sp³-hybridized carbons (Fsp3) is 0.625. The molecule has 0 aliphatic heterocycles. The molecule has 0 saturated carbocycles. The van der Waals surface area contributed by atoms with Gasteiger partial charge in [0, 0.05) is 12.6 Å². The van der Waals surface area contributed by atoms with E-state index in [1.807, 2.05) is 0 Å². The standard InChI is InChI=1S/C16H25NO/c1-12(2)18-11-10-17-16-9-8-13(3)14-6-4-5-7-15(14)16/h4-7,12-13,16-17H,8-11H2,1-3H3. The quantitative estimate of drug-likeness (QED) is 0.802. The van der Waals surface area contributed by atoms with Crippen LogP contribution in [0, 0.1) is 0 Å². The summed E-state index contributed by atoms with van der Waals surface area (Å²) in [6.45, 7) is 8.23. The van der Waals surface area contributed by atoms with Crippen molar-refractivity contribution in [1.29, 1.82) is 0 Å². The van der Waals surface area contributed by atoms with Crippen LogP contribution in [-0.2, 0) is 4.74 Å². The third-order valence-corrected chi connectivity index (χ3v) is 3.73. The Morgan fingerprint density at radius 1 is 1.22 bits per heavy atom. The van der Waals surface area contributed by atoms with Crippen LogP contribution in [0.1, 0.15) is 56.7 Å². The van der Waals surface area contributed by atoms with Gasteiger partial charge in [0.2, 0.25) is 0 Å². The second-order valence-corrected chi connectivity index (χ2v) is 5.53. The Labute approximate surface area is 111 Å². The number of ether oxygens (including phenoxy) is 1. The molecule has 2 unspecified atom stereocenters. The van der Waals surface area contributed by atoms with E-state index in [1.54, 1.807) is 0 Å². The van der Waals surface area contributed by atoms with E-state index in [4.69, 9.17) is 4.74 Å². The van der Waals surface area contributed by atoms with Crippen LogP contribution in [0.2, 0.25) is 0 Å². The summed E-state index contributed by atoms with van der Waals surface area (Å²) in [6, 6.07) is 9.35. The molecular formula is C16H25NO. The van der Waals surface area contributed by atoms with Gasteiger partial charge in [-0.1, -0.05) is 31.2 Å². The van der Waals surface area contributed by atoms with Gasteiger partial charge >= 0.3 is 0 Å². The Balaban J connectivity index is 1.92. The van der Waals surface area contributed by atoms with Gasteiger partial charge in [0.25, 0.3) is 0 Å². The first kappa shape index (κ1) is 13.6. The molecule has 1 aliphatic rings. The van der Waals surface area contributed by atoms with Crippen molar-refractivity contribution in [2.24, 2.45) is 0 Å². The predicted molar refractivity (Wildman–Crippen MR) is 75.9 cm³/mol. The Morgan fingerprint density at radius 3 is 2.67 bits per heavy atom. The molecule has 1 N–H and O–H groups in total. The second-order valence-electron chi connectivity index (χ2n) is 5.53. The molecule has 0 bridgehead atoms. The van der Waals surface area contributed by atoms with Gasteiger partial charge in [0.05, 0.1) is 12.7 Å². The lowest BCUT2D eigenvalue weighted by Crippen LogP contribution is -2.29. The molecule has 0 aromatic heterocycles. The number of nitrogens with one attached hydrogen (secondary N) is 1. The molecule has 0 spiro atoms. The molecule has 0 radical (unpaired) electrons. The largest absolute Gasteiger partial charge is 0.377 e. The van der Waals surface area contributed by atoms with Gasteiger partial charge in [-0.3, -0.25) is 0 Å². The van der Waals surface area contributed by atoms with Crippen molar-refractivity contribution in [1.82, 2.24) is 5.32 Å². The molecule has 1 aliphatic carbocycles. The first-order valence-electron chi connectivity index (χ1n) is 7.12. The fourth-order valence-electron chi connectivity index (χ4n) is 2.74. The van der Waals surface area contributed by atoms with E-state index < -0.39 is 0 Å². The molecule has 0 fully saturated rings. The van der Waals surface area contributed by atoms with Gasteiger partial charge in [-0.2, -0.15) is 0 Å². The van der Waals surface area contributed by atoms with Crippen LogP contribution in [0.4, 0.5) is 0 Å². The Morgan fingerprint density at radius 2 is 1.94 bits per heavy atom. The topological polar surface area (TPSA) is 21.3 Å². The number of hydrogen-bond donors (Lipinski definition) is 1. The van der Waals surface area contributed by atoms with Gasteiger partial charge < -0.3 is 10.1 Å². The van der Waals surface area contributed by atoms with E-state index in [1.165, 1.54) is 24.0 Å². The van der Waals surface area contributed by atoms with E-state index in [2.05, 4.69) is 50.4 Å². The highest BCUT2D eigenvalue weighted by atomic mass is 16.5. The zero-order valence-electron chi connectivity index (χ0n) is 11.8. The summed E-state index contributed by atoms with van der Waals surface area (Å²) in [5.74, 6) is 0.700. The molecule has 0 saturated heterocycles. The van der Waals surface area contributed by atoms with E-state index in [0.717, 1.165) is 13.2 Å². The van der Waals surface area contributed by atoms with E-state index in [9.17, 15) is 0 Å². The van der Waals surface area contributed by atoms with Crippen LogP contribution in [0.5, 0.6) is 0 Å². The van der Waals surface area contributed by atoms with Crippen LogP contribution in [0.15, 0.2) is 24.3 Å². The lowest BCUT2D eigenvalue weighted by Gasteiger charge is -2.30. The summed E-state index contributed by atoms with van der Waals surface area (Å²) in [5, 5.41) is 3.63. The highest BCUT2D eigenvalue weighted by Gasteiger charge is 2.23. The summed E-state index contributed by atoms with van der Waals surface area (Å²) in [5.41, 5.74) is 3.01. The highest BCUT2D eigenvalue weighted by Crippen LogP contribution is 2.36. The normalized spacial score (nSPS) is 23.1. The molecule has 0 amide bonds. The summed E-state index contributed by atoms with van der Waals surface area (Å²) < 4.78 is 5.58. The maximum absolute atomic E-state index is 5.58.